The molecule has 0 fully saturated rings. The summed E-state index contributed by atoms with van der Waals surface area (Å²) < 4.78 is 0. The molecule has 0 saturated carbocycles. The van der Waals surface area contributed by atoms with Crippen molar-refractivity contribution in [3.8, 4) is 12.1 Å². The van der Waals surface area contributed by atoms with Crippen molar-refractivity contribution >= 4 is 17.5 Å². The lowest BCUT2D eigenvalue weighted by atomic mass is 10.4. The fourth-order valence-corrected chi connectivity index (χ4v) is 0.205. The molecule has 5 N–H and O–H groups in total. The van der Waals surface area contributed by atoms with Crippen LogP contribution in [0.4, 0.5) is 0 Å². The quantitative estimate of drug-likeness (QED) is 0.269. The molecule has 0 unspecified atom stereocenters. The molecule has 0 spiro atoms. The number of primary amides is 2. The highest BCUT2D eigenvalue weighted by Crippen LogP contribution is 1.68. The third kappa shape index (κ3) is 9.39. The molecule has 0 aromatic rings. The molecule has 0 atom stereocenters. The van der Waals surface area contributed by atoms with Crippen molar-refractivity contribution in [3.05, 3.63) is 0 Å². The molecule has 8 heteroatoms. The summed E-state index contributed by atoms with van der Waals surface area (Å²) in [4.78, 5) is 19.5. The van der Waals surface area contributed by atoms with Crippen LogP contribution in [0.5, 0.6) is 0 Å². The molecule has 14 heavy (non-hydrogen) atoms. The van der Waals surface area contributed by atoms with E-state index in [9.17, 15) is 9.59 Å². The second-order valence-corrected chi connectivity index (χ2v) is 1.73. The van der Waals surface area contributed by atoms with Crippen molar-refractivity contribution in [3.63, 3.8) is 0 Å². The second-order valence-electron chi connectivity index (χ2n) is 1.73. The minimum Gasteiger partial charge on any atom is -0.410 e. The molecule has 2 amide bonds. The van der Waals surface area contributed by atoms with Gasteiger partial charge in [-0.1, -0.05) is 5.16 Å². The average molecular weight is 197 g/mol. The minimum absolute atomic E-state index is 0.181. The maximum absolute atomic E-state index is 9.87. The second kappa shape index (κ2) is 8.49. The smallest absolute Gasteiger partial charge is 0.281 e. The molecule has 8 nitrogen and oxygen atoms in total. The molecular formula is C6H7N5O3. The standard InChI is InChI=1S/C3H3N3O2.C3H4N2O/c4-1-2(6-8)3(5)7;4-2-1-3(5)6/h8H,(H2,5,7);1H2,(H2,5,6)/b6-2-;. The number of nitrogens with two attached hydrogens (primary N) is 2. The van der Waals surface area contributed by atoms with Gasteiger partial charge in [0.05, 0.1) is 6.07 Å². The Morgan fingerprint density at radius 3 is 1.86 bits per heavy atom. The molecule has 0 rings (SSSR count). The third-order valence-electron chi connectivity index (χ3n) is 0.693. The topological polar surface area (TPSA) is 166 Å². The first-order chi connectivity index (χ1) is 6.49. The highest BCUT2D eigenvalue weighted by molar-refractivity contribution is 6.44. The van der Waals surface area contributed by atoms with Crippen LogP contribution in [0.2, 0.25) is 0 Å². The third-order valence-corrected chi connectivity index (χ3v) is 0.693. The summed E-state index contributed by atoms with van der Waals surface area (Å²) in [6.45, 7) is 0. The molecule has 74 valence electrons. The maximum Gasteiger partial charge on any atom is 0.281 e. The molecule has 0 heterocycles. The van der Waals surface area contributed by atoms with Crippen LogP contribution in [0, 0.1) is 22.7 Å². The van der Waals surface area contributed by atoms with E-state index in [0.717, 1.165) is 0 Å². The number of hydrogen-bond donors (Lipinski definition) is 3. The van der Waals surface area contributed by atoms with Gasteiger partial charge in [0.1, 0.15) is 12.5 Å². The first kappa shape index (κ1) is 13.9. The zero-order valence-corrected chi connectivity index (χ0v) is 6.97. The van der Waals surface area contributed by atoms with Crippen molar-refractivity contribution in [2.45, 2.75) is 6.42 Å². The molecule has 0 aliphatic heterocycles. The summed E-state index contributed by atoms with van der Waals surface area (Å²) in [5, 5.41) is 25.6. The molecule has 0 aliphatic rings. The highest BCUT2D eigenvalue weighted by atomic mass is 16.4. The predicted octanol–water partition coefficient (Wildman–Crippen LogP) is -1.79. The van der Waals surface area contributed by atoms with Crippen LogP contribution in [0.15, 0.2) is 5.16 Å². The number of carbonyl (C=O) groups excluding carboxylic acids is 2. The summed E-state index contributed by atoms with van der Waals surface area (Å²) in [5.74, 6) is -1.60. The minimum atomic E-state index is -1.03. The normalized spacial score (nSPS) is 8.57. The van der Waals surface area contributed by atoms with Crippen molar-refractivity contribution in [1.82, 2.24) is 0 Å². The van der Waals surface area contributed by atoms with Gasteiger partial charge in [-0.3, -0.25) is 9.59 Å². The zero-order valence-electron chi connectivity index (χ0n) is 6.97. The van der Waals surface area contributed by atoms with E-state index in [-0.39, 0.29) is 6.42 Å². The lowest BCUT2D eigenvalue weighted by Gasteiger charge is -1.79. The lowest BCUT2D eigenvalue weighted by molar-refractivity contribution is -0.117. The largest absolute Gasteiger partial charge is 0.410 e. The van der Waals surface area contributed by atoms with Gasteiger partial charge >= 0.3 is 0 Å². The Labute approximate surface area is 79.0 Å². The molecule has 0 aliphatic carbocycles. The maximum atomic E-state index is 9.87. The van der Waals surface area contributed by atoms with Gasteiger partial charge < -0.3 is 16.7 Å². The first-order valence-electron chi connectivity index (χ1n) is 3.06. The van der Waals surface area contributed by atoms with E-state index in [2.05, 4.69) is 16.6 Å². The number of nitriles is 2. The summed E-state index contributed by atoms with van der Waals surface area (Å²) in [5.41, 5.74) is 8.36. The van der Waals surface area contributed by atoms with Crippen molar-refractivity contribution in [2.24, 2.45) is 16.6 Å². The van der Waals surface area contributed by atoms with E-state index in [0.29, 0.717) is 0 Å². The van der Waals surface area contributed by atoms with E-state index < -0.39 is 17.5 Å². The van der Waals surface area contributed by atoms with E-state index in [4.69, 9.17) is 15.7 Å². The Morgan fingerprint density at radius 1 is 1.36 bits per heavy atom. The van der Waals surface area contributed by atoms with Crippen LogP contribution in [-0.4, -0.2) is 22.7 Å². The fourth-order valence-electron chi connectivity index (χ4n) is 0.205. The summed E-state index contributed by atoms with van der Waals surface area (Å²) in [6.07, 6.45) is -0.181. The molecule has 0 aromatic carbocycles. The Morgan fingerprint density at radius 2 is 1.86 bits per heavy atom. The van der Waals surface area contributed by atoms with Gasteiger partial charge in [0.2, 0.25) is 11.6 Å². The summed E-state index contributed by atoms with van der Waals surface area (Å²) in [7, 11) is 0. The number of nitrogens with zero attached hydrogens (tertiary/aromatic N) is 3. The van der Waals surface area contributed by atoms with Crippen LogP contribution in [-0.2, 0) is 9.59 Å². The monoisotopic (exact) mass is 197 g/mol. The Kier molecular flexibility index (Phi) is 8.45. The molecule has 0 aromatic heterocycles. The molecular weight excluding hydrogens is 190 g/mol. The Bertz CT molecular complexity index is 321. The van der Waals surface area contributed by atoms with Gasteiger partial charge in [-0.15, -0.1) is 0 Å². The SMILES string of the molecule is N#C/C(=N/O)C(N)=O.N#CCC(N)=O. The van der Waals surface area contributed by atoms with Crippen LogP contribution < -0.4 is 11.5 Å². The lowest BCUT2D eigenvalue weighted by Crippen LogP contribution is -2.21. The summed E-state index contributed by atoms with van der Waals surface area (Å²) in [6, 6.07) is 2.87. The Balaban J connectivity index is 0. The Hall–Kier alpha value is -2.61. The van der Waals surface area contributed by atoms with Crippen LogP contribution in [0.25, 0.3) is 0 Å². The van der Waals surface area contributed by atoms with Crippen molar-refractivity contribution < 1.29 is 14.8 Å². The average Bonchev–Trinajstić information content (AvgIpc) is 2.06. The van der Waals surface area contributed by atoms with Gasteiger partial charge in [0, 0.05) is 0 Å². The first-order valence-corrected chi connectivity index (χ1v) is 3.06. The van der Waals surface area contributed by atoms with Gasteiger partial charge in [0.15, 0.2) is 0 Å². The summed E-state index contributed by atoms with van der Waals surface area (Å²) >= 11 is 0. The highest BCUT2D eigenvalue weighted by Gasteiger charge is 2.02. The molecule has 0 saturated heterocycles. The molecule has 0 radical (unpaired) electrons. The van der Waals surface area contributed by atoms with Crippen LogP contribution in [0.1, 0.15) is 6.42 Å². The van der Waals surface area contributed by atoms with Gasteiger partial charge in [-0.25, -0.2) is 0 Å². The zero-order chi connectivity index (χ0) is 11.6. The van der Waals surface area contributed by atoms with Gasteiger partial charge in [0.25, 0.3) is 5.91 Å². The predicted molar refractivity (Wildman–Crippen MR) is 43.5 cm³/mol. The van der Waals surface area contributed by atoms with Crippen LogP contribution >= 0.6 is 0 Å². The van der Waals surface area contributed by atoms with E-state index in [1.165, 1.54) is 6.07 Å². The fraction of sp³-hybridized carbons (Fsp3) is 0.167. The number of rotatable bonds is 2. The van der Waals surface area contributed by atoms with Crippen LogP contribution in [0.3, 0.4) is 0 Å². The van der Waals surface area contributed by atoms with Crippen molar-refractivity contribution in [2.75, 3.05) is 0 Å². The number of amides is 2. The van der Waals surface area contributed by atoms with E-state index >= 15 is 0 Å². The number of carbonyl (C=O) groups is 2. The van der Waals surface area contributed by atoms with Gasteiger partial charge in [-0.05, 0) is 0 Å². The van der Waals surface area contributed by atoms with Crippen molar-refractivity contribution in [1.29, 1.82) is 10.5 Å². The van der Waals surface area contributed by atoms with Gasteiger partial charge in [-0.2, -0.15) is 10.5 Å². The van der Waals surface area contributed by atoms with E-state index in [1.807, 2.05) is 0 Å². The molecule has 0 bridgehead atoms. The number of hydrogen-bond acceptors (Lipinski definition) is 6. The van der Waals surface area contributed by atoms with E-state index in [1.54, 1.807) is 6.07 Å². The number of oxime groups is 1.